The number of sulfone groups is 1. The second kappa shape index (κ2) is 5.89. The summed E-state index contributed by atoms with van der Waals surface area (Å²) in [6, 6.07) is 3.21. The van der Waals surface area contributed by atoms with Crippen molar-refractivity contribution in [1.82, 2.24) is 4.98 Å². The van der Waals surface area contributed by atoms with Crippen LogP contribution in [0.15, 0.2) is 28.3 Å². The van der Waals surface area contributed by atoms with Crippen molar-refractivity contribution in [2.24, 2.45) is 5.92 Å². The van der Waals surface area contributed by atoms with Crippen LogP contribution >= 0.6 is 23.4 Å². The Labute approximate surface area is 106 Å². The monoisotopic (exact) mass is 279 g/mol. The lowest BCUT2D eigenvalue weighted by molar-refractivity contribution is 0.598. The zero-order chi connectivity index (χ0) is 12.2. The van der Waals surface area contributed by atoms with Gasteiger partial charge in [-0.15, -0.1) is 23.4 Å². The highest BCUT2D eigenvalue weighted by atomic mass is 35.5. The molecule has 0 fully saturated rings. The summed E-state index contributed by atoms with van der Waals surface area (Å²) >= 11 is 7.13. The Balaban J connectivity index is 2.88. The van der Waals surface area contributed by atoms with Gasteiger partial charge in [0.2, 0.25) is 0 Å². The molecule has 1 atom stereocenters. The van der Waals surface area contributed by atoms with E-state index in [1.807, 2.05) is 6.92 Å². The number of nitrogens with zero attached hydrogens (tertiary/aromatic N) is 1. The third-order valence-electron chi connectivity index (χ3n) is 1.90. The van der Waals surface area contributed by atoms with Crippen LogP contribution < -0.4 is 0 Å². The van der Waals surface area contributed by atoms with Gasteiger partial charge in [-0.25, -0.2) is 13.4 Å². The molecule has 16 heavy (non-hydrogen) atoms. The molecule has 0 bridgehead atoms. The lowest BCUT2D eigenvalue weighted by Crippen LogP contribution is -2.04. The molecule has 1 aromatic heterocycles. The predicted octanol–water partition coefficient (Wildman–Crippen LogP) is 2.45. The maximum atomic E-state index is 11.5. The fourth-order valence-corrected chi connectivity index (χ4v) is 3.50. The highest BCUT2D eigenvalue weighted by Crippen LogP contribution is 2.25. The summed E-state index contributed by atoms with van der Waals surface area (Å²) in [6.45, 7) is 2.02. The Bertz CT molecular complexity index is 448. The quantitative estimate of drug-likeness (QED) is 0.614. The van der Waals surface area contributed by atoms with Gasteiger partial charge < -0.3 is 0 Å². The third-order valence-corrected chi connectivity index (χ3v) is 5.02. The summed E-state index contributed by atoms with van der Waals surface area (Å²) in [4.78, 5) is 4.39. The Kier molecular flexibility index (Phi) is 5.08. The number of alkyl halides is 1. The smallest absolute Gasteiger partial charge is 0.178 e. The first-order valence-corrected chi connectivity index (χ1v) is 8.20. The van der Waals surface area contributed by atoms with Crippen LogP contribution in [0.3, 0.4) is 0 Å². The van der Waals surface area contributed by atoms with Gasteiger partial charge in [0, 0.05) is 24.1 Å². The molecule has 1 unspecified atom stereocenters. The number of thioether (sulfide) groups is 1. The molecule has 0 aliphatic heterocycles. The molecule has 0 amide bonds. The van der Waals surface area contributed by atoms with Gasteiger partial charge in [0.05, 0.1) is 4.90 Å². The standard InChI is InChI=1S/C10H14ClNO2S2/c1-8(6-11)7-15-10-9(16(2,13)14)4-3-5-12-10/h3-5,8H,6-7H2,1-2H3. The average molecular weight is 280 g/mol. The van der Waals surface area contributed by atoms with Crippen molar-refractivity contribution in [2.45, 2.75) is 16.8 Å². The van der Waals surface area contributed by atoms with Gasteiger partial charge in [0.1, 0.15) is 5.03 Å². The van der Waals surface area contributed by atoms with E-state index in [4.69, 9.17) is 11.6 Å². The molecular formula is C10H14ClNO2S2. The summed E-state index contributed by atoms with van der Waals surface area (Å²) in [5, 5.41) is 0.557. The molecule has 1 aromatic rings. The van der Waals surface area contributed by atoms with Gasteiger partial charge in [-0.2, -0.15) is 0 Å². The van der Waals surface area contributed by atoms with E-state index in [0.717, 1.165) is 5.75 Å². The Hall–Kier alpha value is -0.260. The molecule has 1 rings (SSSR count). The van der Waals surface area contributed by atoms with E-state index in [1.165, 1.54) is 18.0 Å². The summed E-state index contributed by atoms with van der Waals surface area (Å²) in [7, 11) is -3.20. The highest BCUT2D eigenvalue weighted by Gasteiger charge is 2.14. The van der Waals surface area contributed by atoms with Crippen LogP contribution in [0.25, 0.3) is 0 Å². The zero-order valence-corrected chi connectivity index (χ0v) is 11.6. The van der Waals surface area contributed by atoms with Crippen LogP contribution in [0.4, 0.5) is 0 Å². The molecule has 90 valence electrons. The Morgan fingerprint density at radius 1 is 1.56 bits per heavy atom. The first-order chi connectivity index (χ1) is 7.45. The minimum Gasteiger partial charge on any atom is -0.249 e. The maximum Gasteiger partial charge on any atom is 0.178 e. The molecule has 0 saturated carbocycles. The molecular weight excluding hydrogens is 266 g/mol. The van der Waals surface area contributed by atoms with Crippen molar-refractivity contribution in [3.63, 3.8) is 0 Å². The molecule has 0 N–H and O–H groups in total. The second-order valence-corrected chi connectivity index (χ2v) is 6.95. The van der Waals surface area contributed by atoms with Crippen LogP contribution in [0, 0.1) is 5.92 Å². The summed E-state index contributed by atoms with van der Waals surface area (Å²) < 4.78 is 23.0. The third kappa shape index (κ3) is 3.96. The van der Waals surface area contributed by atoms with E-state index in [2.05, 4.69) is 4.98 Å². The molecule has 6 heteroatoms. The van der Waals surface area contributed by atoms with E-state index >= 15 is 0 Å². The van der Waals surface area contributed by atoms with Crippen LogP contribution in [-0.2, 0) is 9.84 Å². The van der Waals surface area contributed by atoms with E-state index in [9.17, 15) is 8.42 Å². The number of hydrogen-bond acceptors (Lipinski definition) is 4. The number of hydrogen-bond donors (Lipinski definition) is 0. The van der Waals surface area contributed by atoms with Gasteiger partial charge in [0.15, 0.2) is 9.84 Å². The molecule has 0 aromatic carbocycles. The van der Waals surface area contributed by atoms with E-state index < -0.39 is 9.84 Å². The zero-order valence-electron chi connectivity index (χ0n) is 9.18. The number of halogens is 1. The fraction of sp³-hybridized carbons (Fsp3) is 0.500. The van der Waals surface area contributed by atoms with Crippen LogP contribution in [-0.4, -0.2) is 31.3 Å². The van der Waals surface area contributed by atoms with Crippen LogP contribution in [0.1, 0.15) is 6.92 Å². The molecule has 0 aliphatic rings. The summed E-state index contributed by atoms with van der Waals surface area (Å²) in [5.74, 6) is 1.66. The fourth-order valence-electron chi connectivity index (χ4n) is 1.03. The topological polar surface area (TPSA) is 47.0 Å². The van der Waals surface area contributed by atoms with Gasteiger partial charge in [-0.1, -0.05) is 6.92 Å². The van der Waals surface area contributed by atoms with Crippen molar-refractivity contribution < 1.29 is 8.42 Å². The lowest BCUT2D eigenvalue weighted by atomic mass is 10.3. The number of pyridine rings is 1. The van der Waals surface area contributed by atoms with Gasteiger partial charge in [-0.3, -0.25) is 0 Å². The van der Waals surface area contributed by atoms with Gasteiger partial charge in [-0.05, 0) is 18.1 Å². The Morgan fingerprint density at radius 3 is 2.81 bits per heavy atom. The Morgan fingerprint density at radius 2 is 2.25 bits per heavy atom. The molecule has 0 saturated heterocycles. The summed E-state index contributed by atoms with van der Waals surface area (Å²) in [6.07, 6.45) is 2.79. The number of aromatic nitrogens is 1. The van der Waals surface area contributed by atoms with Crippen LogP contribution in [0.5, 0.6) is 0 Å². The lowest BCUT2D eigenvalue weighted by Gasteiger charge is -2.08. The minimum atomic E-state index is -3.20. The molecule has 0 aliphatic carbocycles. The second-order valence-electron chi connectivity index (χ2n) is 3.65. The first kappa shape index (κ1) is 13.8. The SMILES string of the molecule is CC(CCl)CSc1ncccc1S(C)(=O)=O. The normalized spacial score (nSPS) is 13.7. The molecule has 0 radical (unpaired) electrons. The largest absolute Gasteiger partial charge is 0.249 e. The van der Waals surface area contributed by atoms with E-state index in [1.54, 1.807) is 18.3 Å². The van der Waals surface area contributed by atoms with Crippen molar-refractivity contribution in [1.29, 1.82) is 0 Å². The first-order valence-electron chi connectivity index (χ1n) is 4.79. The molecule has 3 nitrogen and oxygen atoms in total. The molecule has 0 spiro atoms. The highest BCUT2D eigenvalue weighted by molar-refractivity contribution is 8.00. The minimum absolute atomic E-state index is 0.293. The number of rotatable bonds is 5. The van der Waals surface area contributed by atoms with E-state index in [0.29, 0.717) is 21.7 Å². The van der Waals surface area contributed by atoms with Crippen molar-refractivity contribution >= 4 is 33.2 Å². The summed E-state index contributed by atoms with van der Waals surface area (Å²) in [5.41, 5.74) is 0. The van der Waals surface area contributed by atoms with Crippen molar-refractivity contribution in [3.05, 3.63) is 18.3 Å². The van der Waals surface area contributed by atoms with Gasteiger partial charge in [0.25, 0.3) is 0 Å². The van der Waals surface area contributed by atoms with Crippen molar-refractivity contribution in [3.8, 4) is 0 Å². The maximum absolute atomic E-state index is 11.5. The predicted molar refractivity (Wildman–Crippen MR) is 68.0 cm³/mol. The van der Waals surface area contributed by atoms with Crippen LogP contribution in [0.2, 0.25) is 0 Å². The molecule has 1 heterocycles. The average Bonchev–Trinajstić information content (AvgIpc) is 2.25. The van der Waals surface area contributed by atoms with E-state index in [-0.39, 0.29) is 0 Å². The van der Waals surface area contributed by atoms with Crippen molar-refractivity contribution in [2.75, 3.05) is 17.9 Å². The van der Waals surface area contributed by atoms with Gasteiger partial charge >= 0.3 is 0 Å².